The minimum Gasteiger partial charge on any atom is -0.381 e. The maximum absolute atomic E-state index is 5.87. The van der Waals surface area contributed by atoms with E-state index in [1.807, 2.05) is 31.3 Å². The molecule has 0 amide bonds. The van der Waals surface area contributed by atoms with E-state index in [1.54, 1.807) is 0 Å². The lowest BCUT2D eigenvalue weighted by Gasteiger charge is -2.15. The van der Waals surface area contributed by atoms with Gasteiger partial charge in [-0.3, -0.25) is 4.98 Å². The van der Waals surface area contributed by atoms with Crippen molar-refractivity contribution < 1.29 is 0 Å². The molecule has 0 fully saturated rings. The smallest absolute Gasteiger partial charge is 0.0529 e. The summed E-state index contributed by atoms with van der Waals surface area (Å²) in [5, 5.41) is 4.22. The maximum atomic E-state index is 5.87. The van der Waals surface area contributed by atoms with Crippen LogP contribution in [0, 0.1) is 6.92 Å². The Morgan fingerprint density at radius 2 is 1.89 bits per heavy atom. The number of anilines is 1. The summed E-state index contributed by atoms with van der Waals surface area (Å²) in [4.78, 5) is 4.27. The topological polar surface area (TPSA) is 24.9 Å². The van der Waals surface area contributed by atoms with Gasteiger partial charge in [-0.1, -0.05) is 23.7 Å². The number of halogens is 1. The van der Waals surface area contributed by atoms with Crippen molar-refractivity contribution in [1.29, 1.82) is 0 Å². The first-order valence-electron chi connectivity index (χ1n) is 6.07. The van der Waals surface area contributed by atoms with E-state index >= 15 is 0 Å². The minimum absolute atomic E-state index is 0.357. The Bertz CT molecular complexity index is 443. The highest BCUT2D eigenvalue weighted by Crippen LogP contribution is 2.13. The number of rotatable bonds is 4. The third kappa shape index (κ3) is 3.74. The Kier molecular flexibility index (Phi) is 4.21. The molecule has 0 saturated heterocycles. The van der Waals surface area contributed by atoms with Crippen LogP contribution in [0.2, 0.25) is 5.02 Å². The van der Waals surface area contributed by atoms with Crippen LogP contribution in [0.5, 0.6) is 0 Å². The van der Waals surface area contributed by atoms with Gasteiger partial charge in [0.25, 0.3) is 0 Å². The van der Waals surface area contributed by atoms with Crippen LogP contribution in [-0.2, 0) is 6.42 Å². The summed E-state index contributed by atoms with van der Waals surface area (Å²) in [5.41, 5.74) is 3.37. The van der Waals surface area contributed by atoms with Gasteiger partial charge in [0.2, 0.25) is 0 Å². The second-order valence-corrected chi connectivity index (χ2v) is 5.00. The lowest BCUT2D eigenvalue weighted by Crippen LogP contribution is -2.18. The SMILES string of the molecule is Cc1ccc(NC(C)Cc2ccc(Cl)cc2)cn1. The van der Waals surface area contributed by atoms with E-state index in [9.17, 15) is 0 Å². The van der Waals surface area contributed by atoms with Crippen LogP contribution in [0.4, 0.5) is 5.69 Å². The van der Waals surface area contributed by atoms with Crippen LogP contribution < -0.4 is 5.32 Å². The van der Waals surface area contributed by atoms with Crippen molar-refractivity contribution in [2.45, 2.75) is 26.3 Å². The molecule has 2 nitrogen and oxygen atoms in total. The lowest BCUT2D eigenvalue weighted by atomic mass is 10.1. The molecular formula is C15H17ClN2. The van der Waals surface area contributed by atoms with Crippen molar-refractivity contribution in [1.82, 2.24) is 4.98 Å². The third-order valence-corrected chi connectivity index (χ3v) is 3.03. The van der Waals surface area contributed by atoms with Crippen molar-refractivity contribution in [3.05, 3.63) is 58.9 Å². The third-order valence-electron chi connectivity index (χ3n) is 2.78. The molecule has 2 aromatic rings. The summed E-state index contributed by atoms with van der Waals surface area (Å²) >= 11 is 5.87. The Labute approximate surface area is 113 Å². The van der Waals surface area contributed by atoms with Gasteiger partial charge in [-0.25, -0.2) is 0 Å². The highest BCUT2D eigenvalue weighted by molar-refractivity contribution is 6.30. The number of hydrogen-bond donors (Lipinski definition) is 1. The largest absolute Gasteiger partial charge is 0.381 e. The van der Waals surface area contributed by atoms with Gasteiger partial charge in [-0.15, -0.1) is 0 Å². The van der Waals surface area contributed by atoms with Crippen molar-refractivity contribution in [2.24, 2.45) is 0 Å². The number of nitrogens with zero attached hydrogens (tertiary/aromatic N) is 1. The zero-order valence-corrected chi connectivity index (χ0v) is 11.4. The molecule has 3 heteroatoms. The van der Waals surface area contributed by atoms with Gasteiger partial charge < -0.3 is 5.32 Å². The van der Waals surface area contributed by atoms with E-state index in [4.69, 9.17) is 11.6 Å². The molecule has 0 saturated carbocycles. The fourth-order valence-corrected chi connectivity index (χ4v) is 1.99. The first-order valence-corrected chi connectivity index (χ1v) is 6.45. The van der Waals surface area contributed by atoms with E-state index < -0.39 is 0 Å². The van der Waals surface area contributed by atoms with Crippen LogP contribution in [0.15, 0.2) is 42.6 Å². The summed E-state index contributed by atoms with van der Waals surface area (Å²) < 4.78 is 0. The van der Waals surface area contributed by atoms with Crippen molar-refractivity contribution in [2.75, 3.05) is 5.32 Å². The predicted octanol–water partition coefficient (Wildman–Crippen LogP) is 4.09. The molecule has 1 N–H and O–H groups in total. The Balaban J connectivity index is 1.94. The number of pyridine rings is 1. The zero-order valence-electron chi connectivity index (χ0n) is 10.7. The van der Waals surface area contributed by atoms with E-state index in [1.165, 1.54) is 5.56 Å². The summed E-state index contributed by atoms with van der Waals surface area (Å²) in [6.45, 7) is 4.15. The molecule has 1 unspecified atom stereocenters. The van der Waals surface area contributed by atoms with Crippen molar-refractivity contribution in [3.63, 3.8) is 0 Å². The molecule has 1 heterocycles. The molecule has 0 aliphatic carbocycles. The van der Waals surface area contributed by atoms with Gasteiger partial charge in [0.1, 0.15) is 0 Å². The normalized spacial score (nSPS) is 12.2. The molecule has 0 spiro atoms. The summed E-state index contributed by atoms with van der Waals surface area (Å²) in [7, 11) is 0. The predicted molar refractivity (Wildman–Crippen MR) is 77.2 cm³/mol. The summed E-state index contributed by atoms with van der Waals surface area (Å²) in [5.74, 6) is 0. The van der Waals surface area contributed by atoms with Crippen molar-refractivity contribution in [3.8, 4) is 0 Å². The second kappa shape index (κ2) is 5.87. The number of aryl methyl sites for hydroxylation is 1. The molecule has 0 aliphatic rings. The summed E-state index contributed by atoms with van der Waals surface area (Å²) in [6.07, 6.45) is 2.83. The Morgan fingerprint density at radius 1 is 1.17 bits per heavy atom. The first kappa shape index (κ1) is 12.9. The van der Waals surface area contributed by atoms with Gasteiger partial charge in [0.05, 0.1) is 11.9 Å². The van der Waals surface area contributed by atoms with Gasteiger partial charge in [0.15, 0.2) is 0 Å². The van der Waals surface area contributed by atoms with E-state index in [2.05, 4.69) is 35.4 Å². The van der Waals surface area contributed by atoms with Gasteiger partial charge >= 0.3 is 0 Å². The number of benzene rings is 1. The molecule has 0 bridgehead atoms. The molecular weight excluding hydrogens is 244 g/mol. The number of hydrogen-bond acceptors (Lipinski definition) is 2. The van der Waals surface area contributed by atoms with Crippen LogP contribution >= 0.6 is 11.6 Å². The van der Waals surface area contributed by atoms with E-state index in [0.29, 0.717) is 6.04 Å². The van der Waals surface area contributed by atoms with Gasteiger partial charge in [0, 0.05) is 16.8 Å². The molecule has 94 valence electrons. The fraction of sp³-hybridized carbons (Fsp3) is 0.267. The first-order chi connectivity index (χ1) is 8.63. The minimum atomic E-state index is 0.357. The van der Waals surface area contributed by atoms with Crippen LogP contribution in [0.25, 0.3) is 0 Å². The van der Waals surface area contributed by atoms with Crippen LogP contribution in [-0.4, -0.2) is 11.0 Å². The zero-order chi connectivity index (χ0) is 13.0. The van der Waals surface area contributed by atoms with Gasteiger partial charge in [-0.05, 0) is 50.1 Å². The highest BCUT2D eigenvalue weighted by Gasteiger charge is 2.03. The molecule has 2 rings (SSSR count). The van der Waals surface area contributed by atoms with E-state index in [-0.39, 0.29) is 0 Å². The molecule has 0 aliphatic heterocycles. The summed E-state index contributed by atoms with van der Waals surface area (Å²) in [6, 6.07) is 12.4. The molecule has 18 heavy (non-hydrogen) atoms. The molecule has 1 aromatic heterocycles. The Morgan fingerprint density at radius 3 is 2.50 bits per heavy atom. The van der Waals surface area contributed by atoms with Crippen LogP contribution in [0.1, 0.15) is 18.2 Å². The fourth-order valence-electron chi connectivity index (χ4n) is 1.86. The Hall–Kier alpha value is -1.54. The highest BCUT2D eigenvalue weighted by atomic mass is 35.5. The average Bonchev–Trinajstić information content (AvgIpc) is 2.35. The number of nitrogens with one attached hydrogen (secondary N) is 1. The lowest BCUT2D eigenvalue weighted by molar-refractivity contribution is 0.789. The quantitative estimate of drug-likeness (QED) is 0.896. The molecule has 1 aromatic carbocycles. The monoisotopic (exact) mass is 260 g/mol. The average molecular weight is 261 g/mol. The second-order valence-electron chi connectivity index (χ2n) is 4.56. The number of aromatic nitrogens is 1. The van der Waals surface area contributed by atoms with Gasteiger partial charge in [-0.2, -0.15) is 0 Å². The maximum Gasteiger partial charge on any atom is 0.0529 e. The molecule has 1 atom stereocenters. The molecule has 0 radical (unpaired) electrons. The van der Waals surface area contributed by atoms with E-state index in [0.717, 1.165) is 22.8 Å². The standard InChI is InChI=1S/C15H17ClN2/c1-11-3-8-15(10-17-11)18-12(2)9-13-4-6-14(16)7-5-13/h3-8,10,12,18H,9H2,1-2H3. The van der Waals surface area contributed by atoms with Crippen molar-refractivity contribution >= 4 is 17.3 Å². The van der Waals surface area contributed by atoms with Crippen LogP contribution in [0.3, 0.4) is 0 Å².